The number of methoxy groups -OCH3 is 1. The highest BCUT2D eigenvalue weighted by molar-refractivity contribution is 5.79. The Labute approximate surface area is 127 Å². The van der Waals surface area contributed by atoms with Crippen LogP contribution in [-0.2, 0) is 11.3 Å². The summed E-state index contributed by atoms with van der Waals surface area (Å²) in [4.78, 5) is 4.19. The van der Waals surface area contributed by atoms with Crippen LogP contribution >= 0.6 is 0 Å². The molecule has 0 aromatic heterocycles. The summed E-state index contributed by atoms with van der Waals surface area (Å²) in [5, 5.41) is 6.49. The molecular weight excluding hydrogens is 266 g/mol. The van der Waals surface area contributed by atoms with Gasteiger partial charge >= 0.3 is 0 Å². The molecule has 0 unspecified atom stereocenters. The second kappa shape index (κ2) is 11.0. The van der Waals surface area contributed by atoms with Crippen LogP contribution in [0.25, 0.3) is 0 Å². The number of rotatable bonds is 9. The van der Waals surface area contributed by atoms with Gasteiger partial charge in [0.05, 0.1) is 13.7 Å². The smallest absolute Gasteiger partial charge is 0.191 e. The molecule has 0 heterocycles. The Morgan fingerprint density at radius 1 is 1.19 bits per heavy atom. The minimum atomic E-state index is 0.667. The number of guanidine groups is 1. The average molecular weight is 293 g/mol. The number of unbranched alkanes of at least 4 members (excludes halogenated alkanes) is 1. The Kier molecular flexibility index (Phi) is 9.04. The van der Waals surface area contributed by atoms with Gasteiger partial charge in [-0.2, -0.15) is 0 Å². The van der Waals surface area contributed by atoms with E-state index in [1.807, 2.05) is 24.3 Å². The highest BCUT2D eigenvalue weighted by atomic mass is 16.5. The van der Waals surface area contributed by atoms with Crippen LogP contribution in [0.4, 0.5) is 0 Å². The van der Waals surface area contributed by atoms with Gasteiger partial charge in [0, 0.05) is 32.3 Å². The van der Waals surface area contributed by atoms with E-state index in [-0.39, 0.29) is 0 Å². The molecule has 5 heteroatoms. The summed E-state index contributed by atoms with van der Waals surface area (Å²) >= 11 is 0. The van der Waals surface area contributed by atoms with Crippen LogP contribution in [0.5, 0.6) is 5.75 Å². The molecule has 21 heavy (non-hydrogen) atoms. The average Bonchev–Trinajstić information content (AvgIpc) is 2.53. The fourth-order valence-electron chi connectivity index (χ4n) is 1.84. The van der Waals surface area contributed by atoms with Crippen molar-refractivity contribution in [2.45, 2.75) is 26.3 Å². The van der Waals surface area contributed by atoms with Crippen LogP contribution in [0, 0.1) is 0 Å². The van der Waals surface area contributed by atoms with Gasteiger partial charge in [0.25, 0.3) is 0 Å². The molecule has 0 aliphatic rings. The number of para-hydroxylation sites is 1. The SMILES string of the molecule is CCCCOCCNC(=NC)NCc1ccccc1OC. The van der Waals surface area contributed by atoms with Gasteiger partial charge in [-0.25, -0.2) is 0 Å². The lowest BCUT2D eigenvalue weighted by Gasteiger charge is -2.13. The molecule has 0 atom stereocenters. The second-order valence-electron chi connectivity index (χ2n) is 4.63. The van der Waals surface area contributed by atoms with Gasteiger partial charge in [-0.1, -0.05) is 31.5 Å². The fraction of sp³-hybridized carbons (Fsp3) is 0.562. The molecule has 1 rings (SSSR count). The Hall–Kier alpha value is -1.75. The molecule has 0 aliphatic carbocycles. The lowest BCUT2D eigenvalue weighted by molar-refractivity contribution is 0.136. The van der Waals surface area contributed by atoms with E-state index in [0.29, 0.717) is 13.2 Å². The maximum atomic E-state index is 5.50. The zero-order chi connectivity index (χ0) is 15.3. The van der Waals surface area contributed by atoms with Crippen LogP contribution in [0.3, 0.4) is 0 Å². The minimum absolute atomic E-state index is 0.667. The summed E-state index contributed by atoms with van der Waals surface area (Å²) < 4.78 is 10.8. The summed E-state index contributed by atoms with van der Waals surface area (Å²) in [6.07, 6.45) is 2.27. The zero-order valence-electron chi connectivity index (χ0n) is 13.3. The lowest BCUT2D eigenvalue weighted by Crippen LogP contribution is -2.38. The van der Waals surface area contributed by atoms with Crippen molar-refractivity contribution in [1.82, 2.24) is 10.6 Å². The van der Waals surface area contributed by atoms with Crippen molar-refractivity contribution >= 4 is 5.96 Å². The van der Waals surface area contributed by atoms with Crippen molar-refractivity contribution in [1.29, 1.82) is 0 Å². The summed E-state index contributed by atoms with van der Waals surface area (Å²) in [7, 11) is 3.44. The first-order valence-corrected chi connectivity index (χ1v) is 7.46. The van der Waals surface area contributed by atoms with Gasteiger partial charge in [-0.3, -0.25) is 4.99 Å². The van der Waals surface area contributed by atoms with Crippen LogP contribution in [0.2, 0.25) is 0 Å². The molecule has 1 aromatic carbocycles. The van der Waals surface area contributed by atoms with Gasteiger partial charge in [-0.05, 0) is 12.5 Å². The topological polar surface area (TPSA) is 54.9 Å². The van der Waals surface area contributed by atoms with E-state index in [1.165, 1.54) is 0 Å². The summed E-state index contributed by atoms with van der Waals surface area (Å²) in [5.41, 5.74) is 1.10. The number of hydrogen-bond acceptors (Lipinski definition) is 3. The zero-order valence-corrected chi connectivity index (χ0v) is 13.3. The Morgan fingerprint density at radius 3 is 2.71 bits per heavy atom. The normalized spacial score (nSPS) is 11.3. The van der Waals surface area contributed by atoms with Crippen molar-refractivity contribution in [3.63, 3.8) is 0 Å². The number of ether oxygens (including phenoxy) is 2. The first-order chi connectivity index (χ1) is 10.3. The van der Waals surface area contributed by atoms with Crippen LogP contribution in [0.1, 0.15) is 25.3 Å². The quantitative estimate of drug-likeness (QED) is 0.416. The van der Waals surface area contributed by atoms with Crippen LogP contribution in [-0.4, -0.2) is 39.9 Å². The third-order valence-electron chi connectivity index (χ3n) is 3.04. The van der Waals surface area contributed by atoms with E-state index in [0.717, 1.165) is 43.3 Å². The first-order valence-electron chi connectivity index (χ1n) is 7.46. The molecule has 0 saturated heterocycles. The van der Waals surface area contributed by atoms with Crippen LogP contribution in [0.15, 0.2) is 29.3 Å². The van der Waals surface area contributed by atoms with Gasteiger partial charge in [0.2, 0.25) is 0 Å². The predicted molar refractivity (Wildman–Crippen MR) is 86.9 cm³/mol. The summed E-state index contributed by atoms with van der Waals surface area (Å²) in [5.74, 6) is 1.64. The molecular formula is C16H27N3O2. The van der Waals surface area contributed by atoms with E-state index in [4.69, 9.17) is 9.47 Å². The fourth-order valence-corrected chi connectivity index (χ4v) is 1.84. The Morgan fingerprint density at radius 2 is 2.00 bits per heavy atom. The highest BCUT2D eigenvalue weighted by Gasteiger charge is 2.02. The molecule has 1 aromatic rings. The molecule has 2 N–H and O–H groups in total. The Bertz CT molecular complexity index is 422. The monoisotopic (exact) mass is 293 g/mol. The number of nitrogens with one attached hydrogen (secondary N) is 2. The van der Waals surface area contributed by atoms with Gasteiger partial charge in [0.1, 0.15) is 5.75 Å². The van der Waals surface area contributed by atoms with E-state index >= 15 is 0 Å². The second-order valence-corrected chi connectivity index (χ2v) is 4.63. The van der Waals surface area contributed by atoms with Crippen molar-refractivity contribution in [3.05, 3.63) is 29.8 Å². The molecule has 0 fully saturated rings. The predicted octanol–water partition coefficient (Wildman–Crippen LogP) is 2.18. The highest BCUT2D eigenvalue weighted by Crippen LogP contribution is 2.16. The van der Waals surface area contributed by atoms with Crippen molar-refractivity contribution < 1.29 is 9.47 Å². The number of hydrogen-bond donors (Lipinski definition) is 2. The van der Waals surface area contributed by atoms with Crippen molar-refractivity contribution in [2.75, 3.05) is 33.9 Å². The van der Waals surface area contributed by atoms with Gasteiger partial charge in [0.15, 0.2) is 5.96 Å². The molecule has 0 bridgehead atoms. The maximum Gasteiger partial charge on any atom is 0.191 e. The number of aliphatic imine (C=N–C) groups is 1. The van der Waals surface area contributed by atoms with E-state index < -0.39 is 0 Å². The third kappa shape index (κ3) is 6.99. The molecule has 0 aliphatic heterocycles. The minimum Gasteiger partial charge on any atom is -0.496 e. The standard InChI is InChI=1S/C16H27N3O2/c1-4-5-11-21-12-10-18-16(17-2)19-13-14-8-6-7-9-15(14)20-3/h6-9H,4-5,10-13H2,1-3H3,(H2,17,18,19). The third-order valence-corrected chi connectivity index (χ3v) is 3.04. The number of nitrogens with zero attached hydrogens (tertiary/aromatic N) is 1. The molecule has 0 amide bonds. The largest absolute Gasteiger partial charge is 0.496 e. The van der Waals surface area contributed by atoms with Crippen molar-refractivity contribution in [3.8, 4) is 5.75 Å². The van der Waals surface area contributed by atoms with Crippen molar-refractivity contribution in [2.24, 2.45) is 4.99 Å². The lowest BCUT2D eigenvalue weighted by atomic mass is 10.2. The van der Waals surface area contributed by atoms with E-state index in [9.17, 15) is 0 Å². The van der Waals surface area contributed by atoms with E-state index in [2.05, 4.69) is 22.5 Å². The van der Waals surface area contributed by atoms with E-state index in [1.54, 1.807) is 14.2 Å². The molecule has 5 nitrogen and oxygen atoms in total. The molecule has 0 spiro atoms. The summed E-state index contributed by atoms with van der Waals surface area (Å²) in [6, 6.07) is 7.95. The molecule has 0 radical (unpaired) electrons. The Balaban J connectivity index is 2.28. The number of benzene rings is 1. The van der Waals surface area contributed by atoms with Crippen LogP contribution < -0.4 is 15.4 Å². The van der Waals surface area contributed by atoms with Gasteiger partial charge < -0.3 is 20.1 Å². The molecule has 118 valence electrons. The maximum absolute atomic E-state index is 5.50. The van der Waals surface area contributed by atoms with Gasteiger partial charge in [-0.15, -0.1) is 0 Å². The molecule has 0 saturated carbocycles. The first kappa shape index (κ1) is 17.3. The summed E-state index contributed by atoms with van der Waals surface area (Å²) in [6.45, 7) is 5.09.